The minimum absolute atomic E-state index is 0.0601. The Balaban J connectivity index is 1.90. The lowest BCUT2D eigenvalue weighted by Gasteiger charge is -2.14. The second-order valence-corrected chi connectivity index (χ2v) is 6.03. The van der Waals surface area contributed by atoms with E-state index in [1.807, 2.05) is 32.9 Å². The highest BCUT2D eigenvalue weighted by atomic mass is 32.1. The molecule has 0 saturated carbocycles. The zero-order chi connectivity index (χ0) is 15.4. The maximum absolute atomic E-state index is 11.9. The quantitative estimate of drug-likeness (QED) is 0.832. The Morgan fingerprint density at radius 1 is 1.43 bits per heavy atom. The van der Waals surface area contributed by atoms with Gasteiger partial charge in [-0.15, -0.1) is 11.3 Å². The van der Waals surface area contributed by atoms with Gasteiger partial charge in [-0.1, -0.05) is 12.1 Å². The second kappa shape index (κ2) is 6.58. The number of aryl methyl sites for hydroxylation is 2. The third-order valence-corrected chi connectivity index (χ3v) is 4.24. The first-order valence-corrected chi connectivity index (χ1v) is 7.49. The second-order valence-electron chi connectivity index (χ2n) is 4.80. The van der Waals surface area contributed by atoms with Crippen molar-refractivity contribution in [1.82, 2.24) is 10.3 Å². The number of thiazole rings is 1. The monoisotopic (exact) mass is 305 g/mol. The van der Waals surface area contributed by atoms with Crippen LogP contribution >= 0.6 is 11.3 Å². The summed E-state index contributed by atoms with van der Waals surface area (Å²) in [5, 5.41) is 3.90. The molecule has 6 heteroatoms. The van der Waals surface area contributed by atoms with Crippen LogP contribution in [0, 0.1) is 13.8 Å². The van der Waals surface area contributed by atoms with Gasteiger partial charge in [0, 0.05) is 4.88 Å². The molecule has 2 rings (SSSR count). The molecule has 0 saturated heterocycles. The maximum atomic E-state index is 11.9. The summed E-state index contributed by atoms with van der Waals surface area (Å²) in [5.41, 5.74) is 7.24. The third-order valence-electron chi connectivity index (χ3n) is 2.99. The highest BCUT2D eigenvalue weighted by Crippen LogP contribution is 2.24. The lowest BCUT2D eigenvalue weighted by molar-refractivity contribution is -0.123. The smallest absolute Gasteiger partial charge is 0.258 e. The molecule has 5 nitrogen and oxygen atoms in total. The number of benzene rings is 1. The summed E-state index contributed by atoms with van der Waals surface area (Å²) in [6, 6.07) is 7.03. The number of nitrogens with two attached hydrogens (primary N) is 1. The Hall–Kier alpha value is -2.08. The molecule has 0 fully saturated rings. The molecule has 0 spiro atoms. The van der Waals surface area contributed by atoms with Crippen LogP contribution in [0.3, 0.4) is 0 Å². The summed E-state index contributed by atoms with van der Waals surface area (Å²) in [5.74, 6) is 0.335. The number of hydrogen-bond donors (Lipinski definition) is 2. The van der Waals surface area contributed by atoms with E-state index in [-0.39, 0.29) is 18.6 Å². The van der Waals surface area contributed by atoms with Gasteiger partial charge in [-0.3, -0.25) is 4.79 Å². The number of anilines is 1. The highest BCUT2D eigenvalue weighted by Gasteiger charge is 2.15. The number of carbonyl (C=O) groups excluding carboxylic acids is 1. The average Bonchev–Trinajstić information content (AvgIpc) is 2.77. The van der Waals surface area contributed by atoms with Gasteiger partial charge < -0.3 is 15.8 Å². The van der Waals surface area contributed by atoms with Gasteiger partial charge in [-0.05, 0) is 32.9 Å². The molecule has 1 heterocycles. The first-order valence-electron chi connectivity index (χ1n) is 6.68. The molecule has 0 radical (unpaired) electrons. The van der Waals surface area contributed by atoms with Crippen LogP contribution in [0.15, 0.2) is 24.3 Å². The number of carbonyl (C=O) groups is 1. The molecule has 1 unspecified atom stereocenters. The standard InChI is InChI=1S/C15H19N3O2S/c1-9-15(21-11(3)17-9)10(2)18-14(19)8-20-13-7-5-4-6-12(13)16/h4-7,10H,8,16H2,1-3H3,(H,18,19). The van der Waals surface area contributed by atoms with Crippen molar-refractivity contribution in [2.24, 2.45) is 0 Å². The molecular weight excluding hydrogens is 286 g/mol. The molecule has 2 aromatic rings. The van der Waals surface area contributed by atoms with Gasteiger partial charge in [0.1, 0.15) is 5.75 Å². The predicted octanol–water partition coefficient (Wildman–Crippen LogP) is 2.60. The van der Waals surface area contributed by atoms with E-state index in [1.165, 1.54) is 0 Å². The SMILES string of the molecule is Cc1nc(C)c(C(C)NC(=O)COc2ccccc2N)s1. The third kappa shape index (κ3) is 3.95. The molecule has 0 bridgehead atoms. The van der Waals surface area contributed by atoms with Gasteiger partial charge in [-0.25, -0.2) is 4.98 Å². The number of rotatable bonds is 5. The van der Waals surface area contributed by atoms with Crippen molar-refractivity contribution >= 4 is 22.9 Å². The first-order chi connectivity index (χ1) is 9.97. The molecule has 3 N–H and O–H groups in total. The zero-order valence-corrected chi connectivity index (χ0v) is 13.2. The summed E-state index contributed by atoms with van der Waals surface area (Å²) in [4.78, 5) is 17.4. The average molecular weight is 305 g/mol. The molecule has 1 atom stereocenters. The number of hydrogen-bond acceptors (Lipinski definition) is 5. The van der Waals surface area contributed by atoms with E-state index in [0.717, 1.165) is 15.6 Å². The molecule has 1 aromatic heterocycles. The van der Waals surface area contributed by atoms with E-state index in [9.17, 15) is 4.79 Å². The number of para-hydroxylation sites is 2. The number of nitrogen functional groups attached to an aromatic ring is 1. The minimum atomic E-state index is -0.184. The van der Waals surface area contributed by atoms with E-state index >= 15 is 0 Å². The van der Waals surface area contributed by atoms with Crippen molar-refractivity contribution in [3.05, 3.63) is 39.8 Å². The van der Waals surface area contributed by atoms with Crippen LogP contribution in [-0.2, 0) is 4.79 Å². The van der Waals surface area contributed by atoms with E-state index in [4.69, 9.17) is 10.5 Å². The van der Waals surface area contributed by atoms with Crippen LogP contribution in [0.5, 0.6) is 5.75 Å². The molecule has 0 aliphatic rings. The lowest BCUT2D eigenvalue weighted by atomic mass is 10.2. The van der Waals surface area contributed by atoms with Crippen LogP contribution in [0.25, 0.3) is 0 Å². The van der Waals surface area contributed by atoms with Crippen LogP contribution in [-0.4, -0.2) is 17.5 Å². The van der Waals surface area contributed by atoms with E-state index in [0.29, 0.717) is 11.4 Å². The van der Waals surface area contributed by atoms with Crippen molar-refractivity contribution < 1.29 is 9.53 Å². The number of nitrogens with one attached hydrogen (secondary N) is 1. The van der Waals surface area contributed by atoms with Crippen LogP contribution < -0.4 is 15.8 Å². The van der Waals surface area contributed by atoms with Gasteiger partial charge in [-0.2, -0.15) is 0 Å². The number of aromatic nitrogens is 1. The number of amides is 1. The molecule has 0 aliphatic carbocycles. The predicted molar refractivity (Wildman–Crippen MR) is 84.5 cm³/mol. The van der Waals surface area contributed by atoms with Crippen molar-refractivity contribution in [3.63, 3.8) is 0 Å². The van der Waals surface area contributed by atoms with Gasteiger partial charge in [0.25, 0.3) is 5.91 Å². The number of ether oxygens (including phenoxy) is 1. The van der Waals surface area contributed by atoms with Crippen molar-refractivity contribution in [2.75, 3.05) is 12.3 Å². The lowest BCUT2D eigenvalue weighted by Crippen LogP contribution is -2.31. The molecule has 112 valence electrons. The highest BCUT2D eigenvalue weighted by molar-refractivity contribution is 7.11. The summed E-state index contributed by atoms with van der Waals surface area (Å²) in [7, 11) is 0. The topological polar surface area (TPSA) is 77.2 Å². The Morgan fingerprint density at radius 3 is 2.76 bits per heavy atom. The van der Waals surface area contributed by atoms with E-state index in [1.54, 1.807) is 23.5 Å². The fraction of sp³-hybridized carbons (Fsp3) is 0.333. The van der Waals surface area contributed by atoms with Gasteiger partial charge in [0.05, 0.1) is 22.4 Å². The fourth-order valence-corrected chi connectivity index (χ4v) is 2.98. The van der Waals surface area contributed by atoms with Crippen LogP contribution in [0.1, 0.15) is 28.5 Å². The van der Waals surface area contributed by atoms with Crippen LogP contribution in [0.4, 0.5) is 5.69 Å². The van der Waals surface area contributed by atoms with E-state index in [2.05, 4.69) is 10.3 Å². The normalized spacial score (nSPS) is 12.0. The van der Waals surface area contributed by atoms with Crippen molar-refractivity contribution in [1.29, 1.82) is 0 Å². The Morgan fingerprint density at radius 2 is 2.14 bits per heavy atom. The summed E-state index contributed by atoms with van der Waals surface area (Å²) in [6.45, 7) is 5.78. The maximum Gasteiger partial charge on any atom is 0.258 e. The van der Waals surface area contributed by atoms with Gasteiger partial charge in [0.2, 0.25) is 0 Å². The summed E-state index contributed by atoms with van der Waals surface area (Å²) in [6.07, 6.45) is 0. The zero-order valence-electron chi connectivity index (χ0n) is 12.3. The van der Waals surface area contributed by atoms with Gasteiger partial charge in [0.15, 0.2) is 6.61 Å². The fourth-order valence-electron chi connectivity index (χ4n) is 2.05. The summed E-state index contributed by atoms with van der Waals surface area (Å²) < 4.78 is 5.42. The number of nitrogens with zero attached hydrogens (tertiary/aromatic N) is 1. The molecule has 1 amide bonds. The molecule has 0 aliphatic heterocycles. The van der Waals surface area contributed by atoms with Crippen molar-refractivity contribution in [3.8, 4) is 5.75 Å². The Labute approximate surface area is 128 Å². The Kier molecular flexibility index (Phi) is 4.80. The largest absolute Gasteiger partial charge is 0.482 e. The Bertz CT molecular complexity index is 640. The van der Waals surface area contributed by atoms with E-state index < -0.39 is 0 Å². The molecule has 21 heavy (non-hydrogen) atoms. The minimum Gasteiger partial charge on any atom is -0.482 e. The van der Waals surface area contributed by atoms with Crippen molar-refractivity contribution in [2.45, 2.75) is 26.8 Å². The molecular formula is C15H19N3O2S. The first kappa shape index (κ1) is 15.3. The van der Waals surface area contributed by atoms with Gasteiger partial charge >= 0.3 is 0 Å². The van der Waals surface area contributed by atoms with Crippen LogP contribution in [0.2, 0.25) is 0 Å². The molecule has 1 aromatic carbocycles. The summed E-state index contributed by atoms with van der Waals surface area (Å²) >= 11 is 1.59.